The zero-order chi connectivity index (χ0) is 28.7. The zero-order valence-electron chi connectivity index (χ0n) is 20.8. The molecule has 2 amide bonds. The highest BCUT2D eigenvalue weighted by Crippen LogP contribution is 2.40. The molecule has 5 rings (SSSR count). The summed E-state index contributed by atoms with van der Waals surface area (Å²) in [6, 6.07) is -2.43. The van der Waals surface area contributed by atoms with E-state index < -0.39 is 51.5 Å². The summed E-state index contributed by atoms with van der Waals surface area (Å²) in [4.78, 5) is 47.6. The van der Waals surface area contributed by atoms with Crippen molar-refractivity contribution in [1.82, 2.24) is 40.2 Å². The van der Waals surface area contributed by atoms with E-state index in [-0.39, 0.29) is 40.6 Å². The molecule has 0 spiro atoms. The number of nitrogen functional groups attached to an aromatic ring is 1. The number of thiazole rings is 1. The molecule has 40 heavy (non-hydrogen) atoms. The molecule has 20 heteroatoms. The van der Waals surface area contributed by atoms with Crippen LogP contribution in [0.2, 0.25) is 0 Å². The molecule has 2 aromatic heterocycles. The third-order valence-electron chi connectivity index (χ3n) is 6.66. The predicted molar refractivity (Wildman–Crippen MR) is 136 cm³/mol. The molecule has 7 N–H and O–H groups in total. The molecule has 2 aromatic rings. The van der Waals surface area contributed by atoms with Gasteiger partial charge in [-0.15, -0.1) is 11.3 Å². The van der Waals surface area contributed by atoms with E-state index in [1.165, 1.54) is 11.6 Å². The number of carboxylic acids is 1. The Labute approximate surface area is 230 Å². The van der Waals surface area contributed by atoms with E-state index in [1.807, 2.05) is 0 Å². The first-order valence-corrected chi connectivity index (χ1v) is 14.4. The van der Waals surface area contributed by atoms with Crippen LogP contribution < -0.4 is 21.7 Å². The van der Waals surface area contributed by atoms with E-state index in [0.717, 1.165) is 35.6 Å². The van der Waals surface area contributed by atoms with Crippen molar-refractivity contribution in [2.24, 2.45) is 5.16 Å². The smallest absolute Gasteiger partial charge is 0.362 e. The molecule has 0 bridgehead atoms. The first kappa shape index (κ1) is 27.8. The van der Waals surface area contributed by atoms with E-state index in [2.05, 4.69) is 36.3 Å². The number of carbonyl (C=O) groups excluding carboxylic acids is 2. The first-order valence-electron chi connectivity index (χ1n) is 12.1. The molecule has 2 saturated heterocycles. The van der Waals surface area contributed by atoms with Gasteiger partial charge in [-0.3, -0.25) is 14.1 Å². The minimum atomic E-state index is -4.97. The normalized spacial score (nSPS) is 24.0. The fraction of sp³-hybridized carbons (Fsp3) is 0.550. The fourth-order valence-corrected chi connectivity index (χ4v) is 5.71. The highest BCUT2D eigenvalue weighted by molar-refractivity contribution is 7.84. The van der Waals surface area contributed by atoms with Crippen molar-refractivity contribution in [3.8, 4) is 0 Å². The van der Waals surface area contributed by atoms with Crippen LogP contribution in [0.3, 0.4) is 0 Å². The summed E-state index contributed by atoms with van der Waals surface area (Å²) >= 11 is 0.983. The predicted octanol–water partition coefficient (Wildman–Crippen LogP) is -2.70. The monoisotopic (exact) mass is 598 g/mol. The van der Waals surface area contributed by atoms with Crippen LogP contribution in [-0.2, 0) is 42.6 Å². The topological polar surface area (TPSA) is 256 Å². The lowest BCUT2D eigenvalue weighted by Gasteiger charge is -2.43. The Kier molecular flexibility index (Phi) is 7.44. The van der Waals surface area contributed by atoms with Crippen molar-refractivity contribution in [2.45, 2.75) is 56.1 Å². The molecule has 3 atom stereocenters. The van der Waals surface area contributed by atoms with Crippen molar-refractivity contribution in [3.05, 3.63) is 23.0 Å². The summed E-state index contributed by atoms with van der Waals surface area (Å²) in [5.74, 6) is -3.37. The summed E-state index contributed by atoms with van der Waals surface area (Å²) in [5.41, 5.74) is 4.14. The molecule has 3 fully saturated rings. The Balaban J connectivity index is 1.32. The summed E-state index contributed by atoms with van der Waals surface area (Å²) in [7, 11) is -4.97. The van der Waals surface area contributed by atoms with Crippen LogP contribution in [-0.4, -0.2) is 103 Å². The maximum absolute atomic E-state index is 13.2. The van der Waals surface area contributed by atoms with E-state index in [1.54, 1.807) is 0 Å². The number of carbonyl (C=O) groups is 3. The number of nitrogens with zero attached hydrogens (tertiary/aromatic N) is 6. The van der Waals surface area contributed by atoms with Gasteiger partial charge in [-0.2, -0.15) is 23.4 Å². The number of rotatable bonds is 12. The Morgan fingerprint density at radius 2 is 2.15 bits per heavy atom. The van der Waals surface area contributed by atoms with Crippen LogP contribution >= 0.6 is 11.3 Å². The maximum atomic E-state index is 13.2. The summed E-state index contributed by atoms with van der Waals surface area (Å²) in [6.07, 6.45) is 2.80. The second-order valence-electron chi connectivity index (χ2n) is 9.49. The van der Waals surface area contributed by atoms with Gasteiger partial charge in [0.05, 0.1) is 18.4 Å². The number of anilines is 1. The van der Waals surface area contributed by atoms with Gasteiger partial charge in [-0.25, -0.2) is 14.1 Å². The quantitative estimate of drug-likeness (QED) is 0.0629. The number of β-lactam (4-membered cyclic amide) rings is 1. The Hall–Kier alpha value is -3.72. The average molecular weight is 599 g/mol. The Morgan fingerprint density at radius 1 is 1.38 bits per heavy atom. The van der Waals surface area contributed by atoms with Gasteiger partial charge in [0, 0.05) is 37.4 Å². The molecule has 1 saturated carbocycles. The minimum Gasteiger partial charge on any atom is -0.478 e. The van der Waals surface area contributed by atoms with E-state index in [4.69, 9.17) is 10.6 Å². The van der Waals surface area contributed by atoms with Crippen molar-refractivity contribution >= 4 is 50.3 Å². The number of aromatic nitrogens is 4. The van der Waals surface area contributed by atoms with Crippen LogP contribution in [0.15, 0.2) is 16.7 Å². The lowest BCUT2D eigenvalue weighted by Crippen LogP contribution is -2.73. The van der Waals surface area contributed by atoms with Crippen molar-refractivity contribution in [2.75, 3.05) is 18.8 Å². The van der Waals surface area contributed by atoms with E-state index in [9.17, 15) is 32.5 Å². The molecule has 0 radical (unpaired) electrons. The van der Waals surface area contributed by atoms with E-state index >= 15 is 0 Å². The van der Waals surface area contributed by atoms with Crippen LogP contribution in [0.4, 0.5) is 5.13 Å². The lowest BCUT2D eigenvalue weighted by atomic mass is 9.98. The molecule has 216 valence electrons. The molecular formula is C20H26N10O8S2. The maximum Gasteiger partial charge on any atom is 0.362 e. The Bertz CT molecular complexity index is 1450. The van der Waals surface area contributed by atoms with Gasteiger partial charge in [0.1, 0.15) is 17.8 Å². The highest BCUT2D eigenvalue weighted by Gasteiger charge is 2.56. The number of nitrogens with one attached hydrogen (secondary N) is 3. The lowest BCUT2D eigenvalue weighted by molar-refractivity contribution is -0.153. The van der Waals surface area contributed by atoms with Crippen LogP contribution in [0.1, 0.15) is 30.7 Å². The molecule has 0 aromatic carbocycles. The first-order chi connectivity index (χ1) is 19.0. The SMILES string of the molecule is Nc1nc(/C(=N/OC2(C(=O)O)CC2)C(=O)NC2C(=O)N(S(=O)(=O)O)C2Cn2ncc(CNC3CCNC3)n2)cs1. The number of carboxylic acid groups (broad SMARTS) is 1. The summed E-state index contributed by atoms with van der Waals surface area (Å²) in [6.45, 7) is 1.86. The minimum absolute atomic E-state index is 0.0421. The second-order valence-corrected chi connectivity index (χ2v) is 11.7. The molecule has 3 unspecified atom stereocenters. The molecule has 18 nitrogen and oxygen atoms in total. The molecule has 4 heterocycles. The molecule has 1 aliphatic carbocycles. The van der Waals surface area contributed by atoms with Crippen molar-refractivity contribution in [3.63, 3.8) is 0 Å². The van der Waals surface area contributed by atoms with E-state index in [0.29, 0.717) is 12.2 Å². The number of hydrogen-bond donors (Lipinski definition) is 6. The van der Waals surface area contributed by atoms with Crippen molar-refractivity contribution in [1.29, 1.82) is 0 Å². The van der Waals surface area contributed by atoms with Crippen molar-refractivity contribution < 1.29 is 37.3 Å². The largest absolute Gasteiger partial charge is 0.478 e. The summed E-state index contributed by atoms with van der Waals surface area (Å²) in [5, 5.41) is 31.8. The number of oxime groups is 1. The van der Waals surface area contributed by atoms with Gasteiger partial charge < -0.3 is 31.6 Å². The molecule has 2 aliphatic heterocycles. The fourth-order valence-electron chi connectivity index (χ4n) is 4.29. The molecule has 3 aliphatic rings. The number of aliphatic carboxylic acids is 1. The van der Waals surface area contributed by atoms with Gasteiger partial charge in [-0.05, 0) is 13.0 Å². The van der Waals surface area contributed by atoms with Gasteiger partial charge in [0.15, 0.2) is 10.8 Å². The van der Waals surface area contributed by atoms with Crippen LogP contribution in [0.5, 0.6) is 0 Å². The third kappa shape index (κ3) is 5.75. The van der Waals surface area contributed by atoms with Crippen LogP contribution in [0.25, 0.3) is 0 Å². The number of amides is 2. The number of hydrogen-bond acceptors (Lipinski definition) is 14. The average Bonchev–Trinajstić information content (AvgIpc) is 3.22. The third-order valence-corrected chi connectivity index (χ3v) is 8.28. The Morgan fingerprint density at radius 3 is 2.75 bits per heavy atom. The van der Waals surface area contributed by atoms with Gasteiger partial charge >= 0.3 is 16.3 Å². The van der Waals surface area contributed by atoms with Gasteiger partial charge in [-0.1, -0.05) is 5.16 Å². The number of nitrogens with two attached hydrogens (primary N) is 1. The van der Waals surface area contributed by atoms with Gasteiger partial charge in [0.2, 0.25) is 5.60 Å². The molecular weight excluding hydrogens is 572 g/mol. The highest BCUT2D eigenvalue weighted by atomic mass is 32.2. The second kappa shape index (κ2) is 10.7. The zero-order valence-corrected chi connectivity index (χ0v) is 22.4. The standard InChI is InChI=1S/C20H26N10O8S2/c21-19-25-12(9-39-19)14(28-38-20(2-3-20)18(33)34)16(31)26-15-13(30(17(15)32)40(35,36)37)8-29-24-7-11(27-29)6-23-10-1-4-22-5-10/h7,9-10,13,15,22-23H,1-6,8H2,(H2,21,25)(H,26,31)(H,33,34)(H,35,36,37)/b28-14-. The van der Waals surface area contributed by atoms with Crippen LogP contribution in [0, 0.1) is 0 Å². The summed E-state index contributed by atoms with van der Waals surface area (Å²) < 4.78 is 33.7. The van der Waals surface area contributed by atoms with Gasteiger partial charge in [0.25, 0.3) is 11.8 Å².